The van der Waals surface area contributed by atoms with Gasteiger partial charge in [0.2, 0.25) is 5.91 Å². The number of nitrogens with zero attached hydrogens (tertiary/aromatic N) is 2. The number of carbonyl (C=O) groups excluding carboxylic acids is 1. The quantitative estimate of drug-likeness (QED) is 0.675. The molecule has 7 heteroatoms. The van der Waals surface area contributed by atoms with Crippen molar-refractivity contribution in [2.24, 2.45) is 5.92 Å². The molecule has 5 nitrogen and oxygen atoms in total. The first kappa shape index (κ1) is 20.6. The maximum atomic E-state index is 12.7. The lowest BCUT2D eigenvalue weighted by Gasteiger charge is -2.16. The number of nitrogens with one attached hydrogen (secondary N) is 1. The van der Waals surface area contributed by atoms with Crippen molar-refractivity contribution in [1.29, 1.82) is 0 Å². The van der Waals surface area contributed by atoms with E-state index in [2.05, 4.69) is 35.6 Å². The molecule has 26 heavy (non-hydrogen) atoms. The summed E-state index contributed by atoms with van der Waals surface area (Å²) in [4.78, 5) is 17.3. The van der Waals surface area contributed by atoms with Crippen LogP contribution >= 0.6 is 23.4 Å². The number of imidazole rings is 1. The first-order valence-electron chi connectivity index (χ1n) is 8.57. The number of ether oxygens (including phenoxy) is 1. The minimum Gasteiger partial charge on any atom is -0.495 e. The molecular weight excluding hydrogens is 370 g/mol. The minimum absolute atomic E-state index is 0.120. The van der Waals surface area contributed by atoms with E-state index < -0.39 is 0 Å². The van der Waals surface area contributed by atoms with Crippen LogP contribution in [-0.4, -0.2) is 27.8 Å². The zero-order chi connectivity index (χ0) is 19.4. The summed E-state index contributed by atoms with van der Waals surface area (Å²) in [7, 11) is 1.56. The van der Waals surface area contributed by atoms with Crippen molar-refractivity contribution in [3.05, 3.63) is 34.6 Å². The van der Waals surface area contributed by atoms with Crippen LogP contribution in [0.5, 0.6) is 5.75 Å². The van der Waals surface area contributed by atoms with E-state index >= 15 is 0 Å². The number of benzene rings is 1. The van der Waals surface area contributed by atoms with Crippen molar-refractivity contribution in [2.75, 3.05) is 12.4 Å². The molecule has 0 saturated heterocycles. The second-order valence-electron chi connectivity index (χ2n) is 6.66. The lowest BCUT2D eigenvalue weighted by molar-refractivity contribution is -0.115. The largest absolute Gasteiger partial charge is 0.495 e. The van der Waals surface area contributed by atoms with E-state index in [0.29, 0.717) is 22.4 Å². The Morgan fingerprint density at radius 1 is 1.35 bits per heavy atom. The predicted molar refractivity (Wildman–Crippen MR) is 108 cm³/mol. The molecule has 0 fully saturated rings. The number of carbonyl (C=O) groups is 1. The first-order valence-corrected chi connectivity index (χ1v) is 9.83. The molecule has 1 heterocycles. The fourth-order valence-electron chi connectivity index (χ4n) is 2.52. The van der Waals surface area contributed by atoms with Crippen molar-refractivity contribution in [3.8, 4) is 5.75 Å². The highest BCUT2D eigenvalue weighted by molar-refractivity contribution is 8.00. The number of hydrogen-bond donors (Lipinski definition) is 1. The third-order valence-corrected chi connectivity index (χ3v) is 5.37. The molecule has 0 spiro atoms. The number of anilines is 1. The van der Waals surface area contributed by atoms with Gasteiger partial charge in [0.25, 0.3) is 0 Å². The maximum Gasteiger partial charge on any atom is 0.237 e. The van der Waals surface area contributed by atoms with Gasteiger partial charge in [0.15, 0.2) is 5.16 Å². The van der Waals surface area contributed by atoms with Gasteiger partial charge in [-0.1, -0.05) is 37.2 Å². The van der Waals surface area contributed by atoms with Gasteiger partial charge in [-0.15, -0.1) is 0 Å². The number of methoxy groups -OCH3 is 1. The Morgan fingerprint density at radius 3 is 2.65 bits per heavy atom. The standard InChI is InChI=1S/C19H26ClN3O2S/c1-11(2)10-23-13(4)12(3)21-19(23)26-14(5)18(24)22-16-9-15(20)7-8-17(16)25-6/h7-9,11,14H,10H2,1-6H3,(H,22,24). The molecule has 0 saturated carbocycles. The van der Waals surface area contributed by atoms with E-state index in [1.807, 2.05) is 13.8 Å². The molecule has 1 atom stereocenters. The van der Waals surface area contributed by atoms with Crippen LogP contribution in [0.3, 0.4) is 0 Å². The van der Waals surface area contributed by atoms with Gasteiger partial charge in [-0.05, 0) is 44.9 Å². The average Bonchev–Trinajstić information content (AvgIpc) is 2.82. The molecular formula is C19H26ClN3O2S. The number of amides is 1. The second-order valence-corrected chi connectivity index (χ2v) is 8.41. The zero-order valence-corrected chi connectivity index (χ0v) is 17.7. The van der Waals surface area contributed by atoms with Crippen LogP contribution in [-0.2, 0) is 11.3 Å². The molecule has 0 aliphatic rings. The van der Waals surface area contributed by atoms with Crippen LogP contribution in [0.15, 0.2) is 23.4 Å². The lowest BCUT2D eigenvalue weighted by atomic mass is 10.2. The Bertz CT molecular complexity index is 789. The minimum atomic E-state index is -0.314. The highest BCUT2D eigenvalue weighted by Gasteiger charge is 2.21. The van der Waals surface area contributed by atoms with E-state index in [9.17, 15) is 4.79 Å². The first-order chi connectivity index (χ1) is 12.2. The molecule has 1 unspecified atom stereocenters. The van der Waals surface area contributed by atoms with Gasteiger partial charge in [-0.3, -0.25) is 4.79 Å². The van der Waals surface area contributed by atoms with Crippen LogP contribution in [0.1, 0.15) is 32.2 Å². The third kappa shape index (κ3) is 4.95. The normalized spacial score (nSPS) is 12.3. The van der Waals surface area contributed by atoms with Crippen molar-refractivity contribution in [1.82, 2.24) is 9.55 Å². The van der Waals surface area contributed by atoms with Crippen molar-refractivity contribution >= 4 is 35.0 Å². The molecule has 0 aliphatic carbocycles. The fourth-order valence-corrected chi connectivity index (χ4v) is 3.70. The molecule has 0 aliphatic heterocycles. The lowest BCUT2D eigenvalue weighted by Crippen LogP contribution is -2.23. The number of aromatic nitrogens is 2. The second kappa shape index (κ2) is 8.82. The summed E-state index contributed by atoms with van der Waals surface area (Å²) in [5.41, 5.74) is 2.71. The van der Waals surface area contributed by atoms with Crippen molar-refractivity contribution in [3.63, 3.8) is 0 Å². The van der Waals surface area contributed by atoms with Gasteiger partial charge in [0, 0.05) is 17.3 Å². The third-order valence-electron chi connectivity index (χ3n) is 4.04. The van der Waals surface area contributed by atoms with Gasteiger partial charge in [0.05, 0.1) is 23.7 Å². The molecule has 1 aromatic heterocycles. The van der Waals surface area contributed by atoms with E-state index in [4.69, 9.17) is 16.3 Å². The van der Waals surface area contributed by atoms with Gasteiger partial charge in [-0.2, -0.15) is 0 Å². The maximum absolute atomic E-state index is 12.7. The van der Waals surface area contributed by atoms with E-state index in [1.165, 1.54) is 11.8 Å². The number of halogens is 1. The van der Waals surface area contributed by atoms with Crippen molar-refractivity contribution in [2.45, 2.75) is 51.6 Å². The van der Waals surface area contributed by atoms with Crippen molar-refractivity contribution < 1.29 is 9.53 Å². The van der Waals surface area contributed by atoms with Crippen LogP contribution in [0.4, 0.5) is 5.69 Å². The van der Waals surface area contributed by atoms with Gasteiger partial charge < -0.3 is 14.6 Å². The summed E-state index contributed by atoms with van der Waals surface area (Å²) < 4.78 is 7.47. The predicted octanol–water partition coefficient (Wildman–Crippen LogP) is 4.94. The Labute approximate surface area is 164 Å². The Morgan fingerprint density at radius 2 is 2.04 bits per heavy atom. The van der Waals surface area contributed by atoms with Crippen LogP contribution in [0.2, 0.25) is 5.02 Å². The average molecular weight is 396 g/mol. The zero-order valence-electron chi connectivity index (χ0n) is 16.1. The smallest absolute Gasteiger partial charge is 0.237 e. The summed E-state index contributed by atoms with van der Waals surface area (Å²) >= 11 is 7.49. The molecule has 0 radical (unpaired) electrons. The van der Waals surface area contributed by atoms with Crippen LogP contribution in [0, 0.1) is 19.8 Å². The van der Waals surface area contributed by atoms with Crippen LogP contribution in [0.25, 0.3) is 0 Å². The Balaban J connectivity index is 2.15. The Hall–Kier alpha value is -1.66. The molecule has 142 valence electrons. The fraction of sp³-hybridized carbons (Fsp3) is 0.474. The summed E-state index contributed by atoms with van der Waals surface area (Å²) in [6, 6.07) is 5.14. The number of rotatable bonds is 7. The summed E-state index contributed by atoms with van der Waals surface area (Å²) in [5.74, 6) is 0.958. The molecule has 0 bridgehead atoms. The number of thioether (sulfide) groups is 1. The SMILES string of the molecule is COc1ccc(Cl)cc1NC(=O)C(C)Sc1nc(C)c(C)n1CC(C)C. The summed E-state index contributed by atoms with van der Waals surface area (Å²) in [6.45, 7) is 11.2. The molecule has 1 N–H and O–H groups in total. The highest BCUT2D eigenvalue weighted by Crippen LogP contribution is 2.30. The number of hydrogen-bond acceptors (Lipinski definition) is 4. The number of aryl methyl sites for hydroxylation is 1. The molecule has 2 aromatic rings. The topological polar surface area (TPSA) is 56.1 Å². The van der Waals surface area contributed by atoms with E-state index in [0.717, 1.165) is 23.1 Å². The van der Waals surface area contributed by atoms with Gasteiger partial charge in [-0.25, -0.2) is 4.98 Å². The summed E-state index contributed by atoms with van der Waals surface area (Å²) in [6.07, 6.45) is 0. The molecule has 1 amide bonds. The van der Waals surface area contributed by atoms with Gasteiger partial charge >= 0.3 is 0 Å². The monoisotopic (exact) mass is 395 g/mol. The highest BCUT2D eigenvalue weighted by atomic mass is 35.5. The Kier molecular flexibility index (Phi) is 7.01. The molecule has 2 rings (SSSR count). The van der Waals surface area contributed by atoms with Gasteiger partial charge in [0.1, 0.15) is 5.75 Å². The summed E-state index contributed by atoms with van der Waals surface area (Å²) in [5, 5.41) is 4.00. The van der Waals surface area contributed by atoms with Crippen LogP contribution < -0.4 is 10.1 Å². The van der Waals surface area contributed by atoms with E-state index in [1.54, 1.807) is 25.3 Å². The van der Waals surface area contributed by atoms with E-state index in [-0.39, 0.29) is 11.2 Å². The molecule has 1 aromatic carbocycles.